The van der Waals surface area contributed by atoms with E-state index in [4.69, 9.17) is 10.2 Å². The van der Waals surface area contributed by atoms with E-state index in [1.165, 1.54) is 6.08 Å². The largest absolute Gasteiger partial charge is 0.515 e. The topological polar surface area (TPSA) is 169 Å². The highest BCUT2D eigenvalue weighted by molar-refractivity contribution is 5.81. The fourth-order valence-electron chi connectivity index (χ4n) is 3.34. The predicted molar refractivity (Wildman–Crippen MR) is 189 cm³/mol. The molecule has 1 aromatic rings. The van der Waals surface area contributed by atoms with Crippen LogP contribution in [0.15, 0.2) is 64.7 Å². The molecule has 1 atom stereocenters. The molecule has 0 aliphatic carbocycles. The number of nitrogens with one attached hydrogen (secondary N) is 1. The van der Waals surface area contributed by atoms with E-state index in [1.807, 2.05) is 58.0 Å². The van der Waals surface area contributed by atoms with Gasteiger partial charge in [-0.05, 0) is 89.2 Å². The third kappa shape index (κ3) is 27.9. The Morgan fingerprint density at radius 3 is 2.04 bits per heavy atom. The smallest absolute Gasteiger partial charge is 0.153 e. The Kier molecular flexibility index (Phi) is 38.2. The molecule has 0 heterocycles. The van der Waals surface area contributed by atoms with Crippen LogP contribution in [0.2, 0.25) is 0 Å². The summed E-state index contributed by atoms with van der Waals surface area (Å²) in [5, 5.41) is 18.9. The number of halogens is 2. The van der Waals surface area contributed by atoms with Crippen molar-refractivity contribution in [2.24, 2.45) is 10.9 Å². The summed E-state index contributed by atoms with van der Waals surface area (Å²) < 4.78 is 26.7. The zero-order valence-electron chi connectivity index (χ0n) is 29.0. The standard InChI is InChI=1S/C18H23F2NO.C10H16N2O2.C4H10.C2H6O.H3N.H2O.H2/c1-12-6-5-7-13(2)18(12)14(3)10-15(16(20)11-19)17(21-4)8-9-22;1-12(2)7-6-11-5-3-4-10(8-13)9-14;1-4(2)3;1-2-3;;;/h5-7,9-10,17,21H,8,11H2,1-4H3;3-5,8-9,13H,6-7H2,1-2H3;4H,1-3H3;3H,2H2,1H3;1H3;1H2;1H/b14-10+,16-15-;4-3-,10-8-,11-5?;;;;;. The molecule has 0 saturated carbocycles. The van der Waals surface area contributed by atoms with Gasteiger partial charge in [-0.15, -0.1) is 0 Å². The summed E-state index contributed by atoms with van der Waals surface area (Å²) >= 11 is 0. The molecule has 0 aliphatic heterocycles. The van der Waals surface area contributed by atoms with Gasteiger partial charge in [0.2, 0.25) is 0 Å². The normalized spacial score (nSPS) is 12.4. The maximum absolute atomic E-state index is 13.9. The van der Waals surface area contributed by atoms with Gasteiger partial charge in [0, 0.05) is 44.4 Å². The quantitative estimate of drug-likeness (QED) is 0.0658. The number of aryl methyl sites for hydroxylation is 2. The Labute approximate surface area is 271 Å². The van der Waals surface area contributed by atoms with Gasteiger partial charge < -0.3 is 36.9 Å². The molecule has 0 aliphatic rings. The minimum atomic E-state index is -1.18. The molecule has 0 radical (unpaired) electrons. The first-order chi connectivity index (χ1) is 20.3. The van der Waals surface area contributed by atoms with E-state index in [0.29, 0.717) is 12.6 Å². The number of aliphatic hydroxyl groups excluding tert-OH is 2. The van der Waals surface area contributed by atoms with Gasteiger partial charge in [0.15, 0.2) is 6.29 Å². The van der Waals surface area contributed by atoms with Crippen molar-refractivity contribution in [3.05, 3.63) is 76.4 Å². The molecule has 0 saturated heterocycles. The summed E-state index contributed by atoms with van der Waals surface area (Å²) in [5.41, 5.74) is 4.43. The van der Waals surface area contributed by atoms with Crippen molar-refractivity contribution in [3.63, 3.8) is 0 Å². The average molecular weight is 645 g/mol. The van der Waals surface area contributed by atoms with E-state index < -0.39 is 18.5 Å². The molecule has 1 aromatic carbocycles. The maximum Gasteiger partial charge on any atom is 0.153 e. The van der Waals surface area contributed by atoms with Gasteiger partial charge in [0.25, 0.3) is 0 Å². The molecule has 8 N–H and O–H groups in total. The van der Waals surface area contributed by atoms with Crippen LogP contribution in [-0.2, 0) is 9.59 Å². The second-order valence-electron chi connectivity index (χ2n) is 10.3. The van der Waals surface area contributed by atoms with Crippen molar-refractivity contribution in [1.29, 1.82) is 0 Å². The highest BCUT2D eigenvalue weighted by Gasteiger charge is 2.17. The van der Waals surface area contributed by atoms with E-state index in [-0.39, 0.29) is 37.2 Å². The molecule has 11 heteroatoms. The number of nitrogens with zero attached hydrogens (tertiary/aromatic N) is 2. The SMILES string of the molecule is CC(C)C.CCO.CN(C)CCN=C/C=C\C(C=O)=C\O.CNC(CC=O)C(/C=C(\C)c1c(C)cccc1C)=C(\F)CF.N.O.[HH]. The number of likely N-dealkylation sites (N-methyl/N-ethyl adjacent to an activating group) is 2. The lowest BCUT2D eigenvalue weighted by molar-refractivity contribution is -0.108. The van der Waals surface area contributed by atoms with Crippen molar-refractivity contribution in [3.8, 4) is 0 Å². The van der Waals surface area contributed by atoms with Crippen LogP contribution in [0.25, 0.3) is 5.57 Å². The van der Waals surface area contributed by atoms with E-state index in [9.17, 15) is 18.4 Å². The first-order valence-corrected chi connectivity index (χ1v) is 14.3. The monoisotopic (exact) mass is 644 g/mol. The van der Waals surface area contributed by atoms with Crippen LogP contribution in [0.5, 0.6) is 0 Å². The van der Waals surface area contributed by atoms with Gasteiger partial charge in [-0.25, -0.2) is 8.78 Å². The number of rotatable bonds is 13. The second-order valence-corrected chi connectivity index (χ2v) is 10.3. The first-order valence-electron chi connectivity index (χ1n) is 14.3. The van der Waals surface area contributed by atoms with Gasteiger partial charge in [0.1, 0.15) is 18.8 Å². The van der Waals surface area contributed by atoms with Crippen molar-refractivity contribution in [2.75, 3.05) is 47.5 Å². The number of hydrogen-bond donors (Lipinski definition) is 4. The molecule has 1 unspecified atom stereocenters. The second kappa shape index (κ2) is 33.5. The maximum atomic E-state index is 13.9. The van der Waals surface area contributed by atoms with Crippen LogP contribution in [0.1, 0.15) is 59.2 Å². The summed E-state index contributed by atoms with van der Waals surface area (Å²) in [6, 6.07) is 5.39. The summed E-state index contributed by atoms with van der Waals surface area (Å²) in [7, 11) is 5.58. The first kappa shape index (κ1) is 51.2. The number of carbonyl (C=O) groups excluding carboxylic acids is 2. The third-order valence-corrected chi connectivity index (χ3v) is 5.18. The number of aldehydes is 2. The lowest BCUT2D eigenvalue weighted by Gasteiger charge is -2.18. The minimum absolute atomic E-state index is 0. The Morgan fingerprint density at radius 1 is 1.16 bits per heavy atom. The van der Waals surface area contributed by atoms with E-state index in [0.717, 1.165) is 47.5 Å². The molecule has 0 amide bonds. The summed E-state index contributed by atoms with van der Waals surface area (Å²) in [5.74, 6) is -0.00760. The molecule has 0 aromatic heterocycles. The number of carbonyl (C=O) groups is 2. The third-order valence-electron chi connectivity index (χ3n) is 5.18. The number of allylic oxidation sites excluding steroid dienone is 5. The minimum Gasteiger partial charge on any atom is -0.515 e. The summed E-state index contributed by atoms with van der Waals surface area (Å²) in [4.78, 5) is 27.1. The van der Waals surface area contributed by atoms with E-state index in [1.54, 1.807) is 32.3 Å². The molecule has 1 rings (SSSR count). The zero-order valence-corrected chi connectivity index (χ0v) is 29.0. The van der Waals surface area contributed by atoms with Gasteiger partial charge >= 0.3 is 0 Å². The highest BCUT2D eigenvalue weighted by atomic mass is 19.2. The Morgan fingerprint density at radius 2 is 1.67 bits per heavy atom. The predicted octanol–water partition coefficient (Wildman–Crippen LogP) is 6.14. The Balaban J connectivity index is -0.000000144. The highest BCUT2D eigenvalue weighted by Crippen LogP contribution is 2.26. The number of aliphatic imine (C=N–C) groups is 1. The van der Waals surface area contributed by atoms with Crippen molar-refractivity contribution < 1.29 is 35.5 Å². The van der Waals surface area contributed by atoms with Crippen molar-refractivity contribution in [2.45, 2.75) is 60.9 Å². The average Bonchev–Trinajstić information content (AvgIpc) is 2.94. The lowest BCUT2D eigenvalue weighted by Crippen LogP contribution is -2.28. The molecule has 0 bridgehead atoms. The fraction of sp³-hybridized carbons (Fsp3) is 0.500. The van der Waals surface area contributed by atoms with Crippen molar-refractivity contribution in [1.82, 2.24) is 16.4 Å². The van der Waals surface area contributed by atoms with Crippen molar-refractivity contribution >= 4 is 24.4 Å². The molecule has 45 heavy (non-hydrogen) atoms. The van der Waals surface area contributed by atoms with E-state index >= 15 is 0 Å². The van der Waals surface area contributed by atoms with Crippen LogP contribution in [-0.4, -0.2) is 92.9 Å². The van der Waals surface area contributed by atoms with E-state index in [2.05, 4.69) is 31.1 Å². The molecular formula is C34H62F2N4O5. The summed E-state index contributed by atoms with van der Waals surface area (Å²) in [6.45, 7) is 14.7. The van der Waals surface area contributed by atoms with Gasteiger partial charge in [0.05, 0.1) is 12.8 Å². The Hall–Kier alpha value is -3.35. The van der Waals surface area contributed by atoms with Gasteiger partial charge in [-0.1, -0.05) is 45.0 Å². The van der Waals surface area contributed by atoms with Crippen LogP contribution in [0.4, 0.5) is 8.78 Å². The number of aliphatic hydroxyl groups is 2. The lowest BCUT2D eigenvalue weighted by atomic mass is 9.93. The summed E-state index contributed by atoms with van der Waals surface area (Å²) in [6.07, 6.45) is 8.48. The van der Waals surface area contributed by atoms with Crippen LogP contribution in [0, 0.1) is 19.8 Å². The van der Waals surface area contributed by atoms with Crippen LogP contribution >= 0.6 is 0 Å². The molecule has 262 valence electrons. The van der Waals surface area contributed by atoms with Crippen LogP contribution in [0.3, 0.4) is 0 Å². The Bertz CT molecular complexity index is 1040. The van der Waals surface area contributed by atoms with Gasteiger partial charge in [-0.3, -0.25) is 9.79 Å². The molecule has 0 spiro atoms. The molecular weight excluding hydrogens is 582 g/mol. The fourth-order valence-corrected chi connectivity index (χ4v) is 3.34. The number of hydrogen-bond acceptors (Lipinski definition) is 8. The number of alkyl halides is 1. The van der Waals surface area contributed by atoms with Crippen LogP contribution < -0.4 is 11.5 Å². The molecule has 0 fully saturated rings. The number of benzene rings is 1. The molecule has 9 nitrogen and oxygen atoms in total. The van der Waals surface area contributed by atoms with Gasteiger partial charge in [-0.2, -0.15) is 0 Å². The zero-order chi connectivity index (χ0) is 33.8.